The van der Waals surface area contributed by atoms with E-state index in [9.17, 15) is 44.1 Å². The van der Waals surface area contributed by atoms with Gasteiger partial charge in [0.05, 0.1) is 0 Å². The first-order valence-corrected chi connectivity index (χ1v) is 3.19. The topological polar surface area (TPSA) is 6.48 Å². The molecule has 0 saturated carbocycles. The summed E-state index contributed by atoms with van der Waals surface area (Å²) >= 11 is 0. The Labute approximate surface area is 80.9 Å². The minimum atomic E-state index is -6.24. The molecule has 0 bridgehead atoms. The third-order valence-electron chi connectivity index (χ3n) is 1.11. The van der Waals surface area contributed by atoms with Crippen molar-refractivity contribution < 1.29 is 44.1 Å². The van der Waals surface area contributed by atoms with Gasteiger partial charge < -0.3 is 0 Å². The number of hydrogen-bond donors (Lipinski definition) is 0. The number of halogens is 10. The van der Waals surface area contributed by atoms with Crippen molar-refractivity contribution in [3.63, 3.8) is 0 Å². The van der Waals surface area contributed by atoms with Gasteiger partial charge in [0.25, 0.3) is 0 Å². The summed E-state index contributed by atoms with van der Waals surface area (Å²) < 4.78 is 116. The van der Waals surface area contributed by atoms with E-state index in [2.05, 4.69) is 0 Å². The molecular formula is C4H2F10N2. The van der Waals surface area contributed by atoms with Crippen LogP contribution in [0.4, 0.5) is 44.1 Å². The Morgan fingerprint density at radius 3 is 1.31 bits per heavy atom. The highest BCUT2D eigenvalue weighted by atomic mass is 19.4. The van der Waals surface area contributed by atoms with Crippen LogP contribution in [0.1, 0.15) is 0 Å². The first-order chi connectivity index (χ1) is 6.78. The van der Waals surface area contributed by atoms with Gasteiger partial charge in [-0.2, -0.15) is 35.1 Å². The fraction of sp³-hybridized carbons (Fsp3) is 1.00. The Hall–Kier alpha value is -0.780. The van der Waals surface area contributed by atoms with Gasteiger partial charge in [-0.25, -0.2) is 0 Å². The molecule has 2 nitrogen and oxygen atoms in total. The van der Waals surface area contributed by atoms with Crippen molar-refractivity contribution in [2.45, 2.75) is 18.6 Å². The number of rotatable bonds is 3. The zero-order valence-electron chi connectivity index (χ0n) is 6.88. The second-order valence-corrected chi connectivity index (χ2v) is 2.40. The quantitative estimate of drug-likeness (QED) is 0.441. The molecule has 0 aliphatic rings. The van der Waals surface area contributed by atoms with Crippen LogP contribution >= 0.6 is 0 Å². The highest BCUT2D eigenvalue weighted by Gasteiger charge is 2.58. The molecular weight excluding hydrogens is 266 g/mol. The molecule has 0 spiro atoms. The van der Waals surface area contributed by atoms with E-state index in [1.807, 2.05) is 0 Å². The fourth-order valence-electron chi connectivity index (χ4n) is 0.504. The molecule has 0 aliphatic carbocycles. The summed E-state index contributed by atoms with van der Waals surface area (Å²) in [4.78, 5) is 0. The molecule has 0 unspecified atom stereocenters. The summed E-state index contributed by atoms with van der Waals surface area (Å²) in [6.07, 6.45) is -12.2. The first-order valence-electron chi connectivity index (χ1n) is 3.19. The van der Waals surface area contributed by atoms with Gasteiger partial charge in [0.2, 0.25) is 0 Å². The van der Waals surface area contributed by atoms with Crippen LogP contribution in [0.5, 0.6) is 0 Å². The van der Waals surface area contributed by atoms with Gasteiger partial charge in [-0.15, -0.1) is 8.96 Å². The fourth-order valence-corrected chi connectivity index (χ4v) is 0.504. The van der Waals surface area contributed by atoms with E-state index in [-0.39, 0.29) is 0 Å². The first kappa shape index (κ1) is 15.2. The van der Waals surface area contributed by atoms with Gasteiger partial charge in [-0.05, 0) is 5.12 Å². The van der Waals surface area contributed by atoms with E-state index in [4.69, 9.17) is 0 Å². The second kappa shape index (κ2) is 4.24. The maximum absolute atomic E-state index is 12.1. The van der Waals surface area contributed by atoms with E-state index in [1.165, 1.54) is 0 Å². The minimum absolute atomic E-state index is 2.56. The lowest BCUT2D eigenvalue weighted by molar-refractivity contribution is -0.419. The summed E-state index contributed by atoms with van der Waals surface area (Å²) in [7, 11) is 0. The average molecular weight is 268 g/mol. The zero-order valence-corrected chi connectivity index (χ0v) is 6.88. The van der Waals surface area contributed by atoms with Gasteiger partial charge in [0, 0.05) is 5.12 Å². The van der Waals surface area contributed by atoms with Crippen molar-refractivity contribution in [3.8, 4) is 0 Å². The lowest BCUT2D eigenvalue weighted by Crippen LogP contribution is -2.52. The Bertz CT molecular complexity index is 230. The summed E-state index contributed by atoms with van der Waals surface area (Å²) in [6.45, 7) is -3.15. The molecule has 0 fully saturated rings. The number of alkyl halides is 8. The standard InChI is InChI=1S/C4H2F10N2/c5-2(6,16(14)4(10,11)12)1-15(13)3(7,8)9/h1H2. The molecule has 0 aromatic heterocycles. The molecule has 0 N–H and O–H groups in total. The summed E-state index contributed by atoms with van der Waals surface area (Å²) in [5.41, 5.74) is 0. The molecule has 0 heterocycles. The third kappa shape index (κ3) is 4.00. The number of hydrogen-bond acceptors (Lipinski definition) is 2. The van der Waals surface area contributed by atoms with E-state index in [0.29, 0.717) is 0 Å². The largest absolute Gasteiger partial charge is 0.492 e. The Kier molecular flexibility index (Phi) is 4.03. The molecule has 0 aliphatic heterocycles. The zero-order chi connectivity index (χ0) is 13.4. The molecule has 0 aromatic rings. The third-order valence-corrected chi connectivity index (χ3v) is 1.11. The summed E-state index contributed by atoms with van der Waals surface area (Å²) in [6, 6.07) is -5.71. The van der Waals surface area contributed by atoms with Crippen LogP contribution in [0.25, 0.3) is 0 Å². The Balaban J connectivity index is 4.70. The lowest BCUT2D eigenvalue weighted by atomic mass is 10.5. The molecule has 12 heteroatoms. The summed E-state index contributed by atoms with van der Waals surface area (Å²) in [5.74, 6) is 0. The predicted octanol–water partition coefficient (Wildman–Crippen LogP) is 2.99. The highest BCUT2D eigenvalue weighted by molar-refractivity contribution is 4.68. The van der Waals surface area contributed by atoms with Gasteiger partial charge in [0.15, 0.2) is 0 Å². The van der Waals surface area contributed by atoms with E-state index < -0.39 is 35.4 Å². The van der Waals surface area contributed by atoms with Crippen LogP contribution in [0.15, 0.2) is 0 Å². The van der Waals surface area contributed by atoms with Crippen molar-refractivity contribution in [2.75, 3.05) is 6.54 Å². The second-order valence-electron chi connectivity index (χ2n) is 2.40. The maximum atomic E-state index is 12.1. The van der Waals surface area contributed by atoms with Gasteiger partial charge >= 0.3 is 18.6 Å². The SMILES string of the molecule is FN(CC(F)(F)N(F)C(F)(F)F)C(F)(F)F. The molecule has 0 aromatic carbocycles. The monoisotopic (exact) mass is 268 g/mol. The lowest BCUT2D eigenvalue weighted by Gasteiger charge is -2.26. The van der Waals surface area contributed by atoms with Crippen molar-refractivity contribution in [3.05, 3.63) is 0 Å². The molecule has 98 valence electrons. The Morgan fingerprint density at radius 1 is 0.688 bits per heavy atom. The molecule has 0 amide bonds. The molecule has 16 heavy (non-hydrogen) atoms. The highest BCUT2D eigenvalue weighted by Crippen LogP contribution is 2.35. The molecule has 0 saturated heterocycles. The van der Waals surface area contributed by atoms with E-state index in [1.54, 1.807) is 0 Å². The van der Waals surface area contributed by atoms with E-state index >= 15 is 0 Å². The van der Waals surface area contributed by atoms with Crippen LogP contribution in [0.3, 0.4) is 0 Å². The van der Waals surface area contributed by atoms with E-state index in [0.717, 1.165) is 0 Å². The molecule has 0 atom stereocenters. The van der Waals surface area contributed by atoms with Gasteiger partial charge in [0.1, 0.15) is 6.54 Å². The van der Waals surface area contributed by atoms with Crippen LogP contribution < -0.4 is 0 Å². The van der Waals surface area contributed by atoms with Crippen LogP contribution in [-0.2, 0) is 0 Å². The summed E-state index contributed by atoms with van der Waals surface area (Å²) in [5, 5.41) is -5.68. The maximum Gasteiger partial charge on any atom is 0.492 e. The number of nitrogens with zero attached hydrogens (tertiary/aromatic N) is 2. The smallest absolute Gasteiger partial charge is 0.184 e. The van der Waals surface area contributed by atoms with Crippen molar-refractivity contribution in [2.24, 2.45) is 0 Å². The van der Waals surface area contributed by atoms with Crippen molar-refractivity contribution in [1.82, 2.24) is 10.2 Å². The Morgan fingerprint density at radius 2 is 1.06 bits per heavy atom. The van der Waals surface area contributed by atoms with Crippen molar-refractivity contribution >= 4 is 0 Å². The van der Waals surface area contributed by atoms with Crippen LogP contribution in [0.2, 0.25) is 0 Å². The normalized spacial score (nSPS) is 15.0. The van der Waals surface area contributed by atoms with Crippen LogP contribution in [-0.4, -0.2) is 35.4 Å². The molecule has 0 radical (unpaired) electrons. The van der Waals surface area contributed by atoms with Gasteiger partial charge in [-0.3, -0.25) is 0 Å². The van der Waals surface area contributed by atoms with Gasteiger partial charge in [-0.1, -0.05) is 0 Å². The molecule has 0 rings (SSSR count). The average Bonchev–Trinajstić information content (AvgIpc) is 1.98. The predicted molar refractivity (Wildman–Crippen MR) is 27.8 cm³/mol. The minimum Gasteiger partial charge on any atom is -0.184 e. The van der Waals surface area contributed by atoms with Crippen LogP contribution in [0, 0.1) is 0 Å². The van der Waals surface area contributed by atoms with Crippen molar-refractivity contribution in [1.29, 1.82) is 0 Å².